The van der Waals surface area contributed by atoms with E-state index < -0.39 is 12.0 Å². The molecule has 0 amide bonds. The molecule has 25 heavy (non-hydrogen) atoms. The lowest BCUT2D eigenvalue weighted by molar-refractivity contribution is -0.142. The lowest BCUT2D eigenvalue weighted by Gasteiger charge is -2.14. The zero-order chi connectivity index (χ0) is 18.4. The summed E-state index contributed by atoms with van der Waals surface area (Å²) in [6, 6.07) is 10.9. The highest BCUT2D eigenvalue weighted by molar-refractivity contribution is 5.76. The molecule has 2 aromatic rings. The summed E-state index contributed by atoms with van der Waals surface area (Å²) in [5.41, 5.74) is 8.66. The Morgan fingerprint density at radius 1 is 0.920 bits per heavy atom. The third-order valence-electron chi connectivity index (χ3n) is 3.91. The van der Waals surface area contributed by atoms with E-state index in [9.17, 15) is 4.79 Å². The molecule has 0 aromatic heterocycles. The van der Waals surface area contributed by atoms with Crippen LogP contribution < -0.4 is 19.9 Å². The predicted octanol–water partition coefficient (Wildman–Crippen LogP) is 2.42. The number of methoxy groups -OCH3 is 4. The molecule has 0 radical (unpaired) electrons. The van der Waals surface area contributed by atoms with Gasteiger partial charge in [0.05, 0.1) is 28.4 Å². The lowest BCUT2D eigenvalue weighted by atomic mass is 10.00. The van der Waals surface area contributed by atoms with Crippen molar-refractivity contribution in [2.24, 2.45) is 5.73 Å². The molecule has 134 valence electrons. The molecule has 0 bridgehead atoms. The highest BCUT2D eigenvalue weighted by Gasteiger charge is 2.16. The second-order valence-corrected chi connectivity index (χ2v) is 5.44. The molecule has 2 N–H and O–H groups in total. The van der Waals surface area contributed by atoms with Crippen molar-refractivity contribution in [1.29, 1.82) is 0 Å². The molecule has 2 rings (SSSR count). The topological polar surface area (TPSA) is 80.0 Å². The lowest BCUT2D eigenvalue weighted by Crippen LogP contribution is -2.33. The van der Waals surface area contributed by atoms with Crippen molar-refractivity contribution >= 4 is 5.97 Å². The molecule has 0 fully saturated rings. The van der Waals surface area contributed by atoms with Gasteiger partial charge < -0.3 is 24.7 Å². The first-order valence-electron chi connectivity index (χ1n) is 7.76. The fourth-order valence-corrected chi connectivity index (χ4v) is 2.57. The number of carbonyl (C=O) groups is 1. The van der Waals surface area contributed by atoms with Crippen molar-refractivity contribution in [2.75, 3.05) is 28.4 Å². The molecule has 2 aromatic carbocycles. The van der Waals surface area contributed by atoms with Crippen molar-refractivity contribution in [3.63, 3.8) is 0 Å². The van der Waals surface area contributed by atoms with Gasteiger partial charge in [-0.3, -0.25) is 4.79 Å². The van der Waals surface area contributed by atoms with Crippen LogP contribution in [-0.4, -0.2) is 40.5 Å². The van der Waals surface area contributed by atoms with Crippen LogP contribution >= 0.6 is 0 Å². The van der Waals surface area contributed by atoms with Crippen LogP contribution in [0, 0.1) is 0 Å². The van der Waals surface area contributed by atoms with Crippen LogP contribution in [0.4, 0.5) is 0 Å². The Balaban J connectivity index is 2.29. The van der Waals surface area contributed by atoms with Gasteiger partial charge in [-0.25, -0.2) is 0 Å². The molecule has 0 spiro atoms. The molecular formula is C19H23NO5. The quantitative estimate of drug-likeness (QED) is 0.776. The van der Waals surface area contributed by atoms with Gasteiger partial charge in [-0.2, -0.15) is 0 Å². The molecule has 1 atom stereocenters. The summed E-state index contributed by atoms with van der Waals surface area (Å²) >= 11 is 0. The Labute approximate surface area is 147 Å². The normalized spacial score (nSPS) is 11.6. The molecule has 0 saturated heterocycles. The molecule has 0 aliphatic heterocycles. The average molecular weight is 345 g/mol. The Kier molecular flexibility index (Phi) is 6.25. The van der Waals surface area contributed by atoms with E-state index in [-0.39, 0.29) is 0 Å². The van der Waals surface area contributed by atoms with Crippen LogP contribution in [0.25, 0.3) is 11.1 Å². The van der Waals surface area contributed by atoms with E-state index in [1.807, 2.05) is 36.4 Å². The number of rotatable bonds is 7. The minimum absolute atomic E-state index is 0.419. The minimum Gasteiger partial charge on any atom is -0.493 e. The van der Waals surface area contributed by atoms with Crippen LogP contribution in [-0.2, 0) is 16.0 Å². The van der Waals surface area contributed by atoms with E-state index in [1.165, 1.54) is 7.11 Å². The maximum atomic E-state index is 11.4. The fraction of sp³-hybridized carbons (Fsp3) is 0.316. The molecule has 1 unspecified atom stereocenters. The van der Waals surface area contributed by atoms with Crippen LogP contribution in [0.2, 0.25) is 0 Å². The first kappa shape index (κ1) is 18.6. The summed E-state index contributed by atoms with van der Waals surface area (Å²) in [6.45, 7) is 0. The molecule has 6 nitrogen and oxygen atoms in total. The third kappa shape index (κ3) is 4.22. The maximum Gasteiger partial charge on any atom is 0.322 e. The molecule has 6 heteroatoms. The Hall–Kier alpha value is -2.73. The molecular weight excluding hydrogens is 322 g/mol. The van der Waals surface area contributed by atoms with E-state index in [2.05, 4.69) is 4.74 Å². The fourth-order valence-electron chi connectivity index (χ4n) is 2.57. The number of ether oxygens (including phenoxy) is 4. The second-order valence-electron chi connectivity index (χ2n) is 5.44. The number of hydrogen-bond donors (Lipinski definition) is 1. The summed E-state index contributed by atoms with van der Waals surface area (Å²) in [5.74, 6) is 1.31. The number of benzene rings is 2. The van der Waals surface area contributed by atoms with Crippen molar-refractivity contribution < 1.29 is 23.7 Å². The Morgan fingerprint density at radius 2 is 1.48 bits per heavy atom. The highest BCUT2D eigenvalue weighted by Crippen LogP contribution is 2.41. The van der Waals surface area contributed by atoms with Crippen molar-refractivity contribution in [1.82, 2.24) is 0 Å². The van der Waals surface area contributed by atoms with Crippen molar-refractivity contribution in [2.45, 2.75) is 12.5 Å². The second kappa shape index (κ2) is 8.39. The Bertz CT molecular complexity index is 702. The van der Waals surface area contributed by atoms with E-state index in [0.717, 1.165) is 16.7 Å². The van der Waals surface area contributed by atoms with Gasteiger partial charge in [0.1, 0.15) is 6.04 Å². The standard InChI is InChI=1S/C19H23NO5/c1-22-16-10-14(11-17(23-2)18(16)24-3)13-7-5-12(6-8-13)9-15(20)19(21)25-4/h5-8,10-11,15H,9,20H2,1-4H3. The predicted molar refractivity (Wildman–Crippen MR) is 95.2 cm³/mol. The third-order valence-corrected chi connectivity index (χ3v) is 3.91. The van der Waals surface area contributed by atoms with Gasteiger partial charge >= 0.3 is 5.97 Å². The number of carbonyl (C=O) groups excluding carboxylic acids is 1. The zero-order valence-corrected chi connectivity index (χ0v) is 14.9. The van der Waals surface area contributed by atoms with Gasteiger partial charge in [0, 0.05) is 0 Å². The first-order valence-corrected chi connectivity index (χ1v) is 7.76. The van der Waals surface area contributed by atoms with Crippen molar-refractivity contribution in [3.05, 3.63) is 42.0 Å². The van der Waals surface area contributed by atoms with Crippen molar-refractivity contribution in [3.8, 4) is 28.4 Å². The number of nitrogens with two attached hydrogens (primary N) is 1. The van der Waals surface area contributed by atoms with Crippen LogP contribution in [0.1, 0.15) is 5.56 Å². The molecule has 0 aliphatic carbocycles. The van der Waals surface area contributed by atoms with Gasteiger partial charge in [0.15, 0.2) is 11.5 Å². The van der Waals surface area contributed by atoms with Gasteiger partial charge in [-0.05, 0) is 35.2 Å². The Morgan fingerprint density at radius 3 is 1.92 bits per heavy atom. The molecule has 0 heterocycles. The maximum absolute atomic E-state index is 11.4. The molecule has 0 aliphatic rings. The van der Waals surface area contributed by atoms with Crippen LogP contribution in [0.15, 0.2) is 36.4 Å². The summed E-state index contributed by atoms with van der Waals surface area (Å²) in [7, 11) is 6.06. The van der Waals surface area contributed by atoms with E-state index >= 15 is 0 Å². The SMILES string of the molecule is COC(=O)C(N)Cc1ccc(-c2cc(OC)c(OC)c(OC)c2)cc1. The van der Waals surface area contributed by atoms with E-state index in [0.29, 0.717) is 23.7 Å². The largest absolute Gasteiger partial charge is 0.493 e. The highest BCUT2D eigenvalue weighted by atomic mass is 16.5. The summed E-state index contributed by atoms with van der Waals surface area (Å²) < 4.78 is 20.7. The number of hydrogen-bond acceptors (Lipinski definition) is 6. The van der Waals surface area contributed by atoms with Gasteiger partial charge in [-0.1, -0.05) is 24.3 Å². The monoisotopic (exact) mass is 345 g/mol. The first-order chi connectivity index (χ1) is 12.0. The minimum atomic E-state index is -0.669. The zero-order valence-electron chi connectivity index (χ0n) is 14.9. The van der Waals surface area contributed by atoms with Crippen LogP contribution in [0.5, 0.6) is 17.2 Å². The van der Waals surface area contributed by atoms with Gasteiger partial charge in [0.25, 0.3) is 0 Å². The summed E-state index contributed by atoms with van der Waals surface area (Å²) in [5, 5.41) is 0. The number of esters is 1. The van der Waals surface area contributed by atoms with E-state index in [4.69, 9.17) is 19.9 Å². The van der Waals surface area contributed by atoms with Crippen LogP contribution in [0.3, 0.4) is 0 Å². The van der Waals surface area contributed by atoms with Gasteiger partial charge in [-0.15, -0.1) is 0 Å². The van der Waals surface area contributed by atoms with Gasteiger partial charge in [0.2, 0.25) is 5.75 Å². The average Bonchev–Trinajstić information content (AvgIpc) is 2.66. The smallest absolute Gasteiger partial charge is 0.322 e. The molecule has 0 saturated carbocycles. The van der Waals surface area contributed by atoms with E-state index in [1.54, 1.807) is 21.3 Å². The summed E-state index contributed by atoms with van der Waals surface area (Å²) in [6.07, 6.45) is 0.419. The summed E-state index contributed by atoms with van der Waals surface area (Å²) in [4.78, 5) is 11.4.